The highest BCUT2D eigenvalue weighted by atomic mass is 16.6. The van der Waals surface area contributed by atoms with Crippen LogP contribution in [-0.4, -0.2) is 37.2 Å². The molecule has 394 valence electrons. The van der Waals surface area contributed by atoms with Crippen molar-refractivity contribution in [3.05, 3.63) is 60.8 Å². The van der Waals surface area contributed by atoms with Crippen molar-refractivity contribution in [1.82, 2.24) is 0 Å². The monoisotopic (exact) mass is 951 g/mol. The van der Waals surface area contributed by atoms with Crippen LogP contribution >= 0.6 is 0 Å². The Morgan fingerprint density at radius 2 is 0.529 bits per heavy atom. The third-order valence-electron chi connectivity index (χ3n) is 12.7. The largest absolute Gasteiger partial charge is 0.462 e. The van der Waals surface area contributed by atoms with Gasteiger partial charge in [-0.05, 0) is 89.9 Å². The van der Waals surface area contributed by atoms with Crippen molar-refractivity contribution in [3.63, 3.8) is 0 Å². The zero-order valence-electron chi connectivity index (χ0n) is 45.1. The molecule has 0 amide bonds. The minimum absolute atomic E-state index is 0.0792. The van der Waals surface area contributed by atoms with Crippen molar-refractivity contribution in [2.45, 2.75) is 303 Å². The lowest BCUT2D eigenvalue weighted by Gasteiger charge is -2.18. The first-order valence-corrected chi connectivity index (χ1v) is 29.3. The van der Waals surface area contributed by atoms with Crippen LogP contribution in [0.2, 0.25) is 0 Å². The second-order valence-electron chi connectivity index (χ2n) is 19.6. The smallest absolute Gasteiger partial charge is 0.306 e. The number of unbranched alkanes of at least 4 members (excludes halogenated alkanes) is 32. The molecule has 1 unspecified atom stereocenters. The van der Waals surface area contributed by atoms with Gasteiger partial charge in [0, 0.05) is 19.3 Å². The third kappa shape index (κ3) is 54.1. The Morgan fingerprint density at radius 3 is 0.853 bits per heavy atom. The average molecular weight is 952 g/mol. The molecule has 0 aliphatic rings. The van der Waals surface area contributed by atoms with Gasteiger partial charge in [-0.3, -0.25) is 14.4 Å². The summed E-state index contributed by atoms with van der Waals surface area (Å²) in [5.41, 5.74) is 0. The summed E-state index contributed by atoms with van der Waals surface area (Å²) in [6.07, 6.45) is 70.6. The number of allylic oxidation sites excluding steroid dienone is 10. The maximum Gasteiger partial charge on any atom is 0.306 e. The van der Waals surface area contributed by atoms with Crippen molar-refractivity contribution in [3.8, 4) is 0 Å². The van der Waals surface area contributed by atoms with Gasteiger partial charge in [-0.25, -0.2) is 0 Å². The van der Waals surface area contributed by atoms with Crippen LogP contribution in [0.25, 0.3) is 0 Å². The first kappa shape index (κ1) is 65.1. The first-order chi connectivity index (χ1) is 33.5. The number of rotatable bonds is 53. The summed E-state index contributed by atoms with van der Waals surface area (Å²) >= 11 is 0. The van der Waals surface area contributed by atoms with Crippen molar-refractivity contribution in [2.75, 3.05) is 13.2 Å². The molecule has 0 aliphatic carbocycles. The minimum Gasteiger partial charge on any atom is -0.462 e. The molecule has 0 saturated carbocycles. The van der Waals surface area contributed by atoms with Gasteiger partial charge in [0.1, 0.15) is 13.2 Å². The lowest BCUT2D eigenvalue weighted by molar-refractivity contribution is -0.167. The van der Waals surface area contributed by atoms with Crippen LogP contribution in [0.4, 0.5) is 0 Å². The molecule has 6 nitrogen and oxygen atoms in total. The van der Waals surface area contributed by atoms with Crippen molar-refractivity contribution < 1.29 is 28.6 Å². The Kier molecular flexibility index (Phi) is 54.3. The van der Waals surface area contributed by atoms with Gasteiger partial charge in [0.2, 0.25) is 0 Å². The highest BCUT2D eigenvalue weighted by Crippen LogP contribution is 2.16. The van der Waals surface area contributed by atoms with E-state index in [1.165, 1.54) is 167 Å². The number of esters is 3. The van der Waals surface area contributed by atoms with E-state index in [0.29, 0.717) is 19.3 Å². The van der Waals surface area contributed by atoms with E-state index in [4.69, 9.17) is 14.2 Å². The van der Waals surface area contributed by atoms with Crippen molar-refractivity contribution in [1.29, 1.82) is 0 Å². The predicted molar refractivity (Wildman–Crippen MR) is 293 cm³/mol. The predicted octanol–water partition coefficient (Wildman–Crippen LogP) is 19.6. The second-order valence-corrected chi connectivity index (χ2v) is 19.6. The van der Waals surface area contributed by atoms with Crippen LogP contribution < -0.4 is 0 Å². The molecule has 0 bridgehead atoms. The van der Waals surface area contributed by atoms with Gasteiger partial charge < -0.3 is 14.2 Å². The average Bonchev–Trinajstić information content (AvgIpc) is 3.34. The van der Waals surface area contributed by atoms with Crippen LogP contribution in [0.5, 0.6) is 0 Å². The lowest BCUT2D eigenvalue weighted by Crippen LogP contribution is -2.30. The number of carbonyl (C=O) groups is 3. The minimum atomic E-state index is -0.782. The van der Waals surface area contributed by atoms with Gasteiger partial charge in [-0.2, -0.15) is 0 Å². The molecule has 6 heteroatoms. The molecule has 0 aromatic heterocycles. The third-order valence-corrected chi connectivity index (χ3v) is 12.7. The second kappa shape index (κ2) is 56.7. The zero-order valence-corrected chi connectivity index (χ0v) is 45.1. The Bertz CT molecular complexity index is 1230. The van der Waals surface area contributed by atoms with Crippen molar-refractivity contribution >= 4 is 17.9 Å². The molecule has 0 fully saturated rings. The van der Waals surface area contributed by atoms with Gasteiger partial charge >= 0.3 is 17.9 Å². The summed E-state index contributed by atoms with van der Waals surface area (Å²) in [7, 11) is 0. The van der Waals surface area contributed by atoms with Gasteiger partial charge in [0.15, 0.2) is 6.10 Å². The number of carbonyl (C=O) groups excluding carboxylic acids is 3. The summed E-state index contributed by atoms with van der Waals surface area (Å²) < 4.78 is 16.9. The summed E-state index contributed by atoms with van der Waals surface area (Å²) in [5, 5.41) is 0. The Hall–Kier alpha value is -2.89. The van der Waals surface area contributed by atoms with Crippen LogP contribution in [-0.2, 0) is 28.6 Å². The molecule has 0 heterocycles. The van der Waals surface area contributed by atoms with Crippen molar-refractivity contribution in [2.24, 2.45) is 0 Å². The molecule has 0 aromatic carbocycles. The molecule has 0 aliphatic heterocycles. The highest BCUT2D eigenvalue weighted by molar-refractivity contribution is 5.71. The molecule has 0 aromatic rings. The SMILES string of the molecule is CCCCC/C=C\C/C=C\C/C=C\CCCCCCCCC(=O)OCC(COC(=O)CCCCCCCCCCCCCCCC)OC(=O)CCCCCCCCC/C=C\C/C=C\CCCCC. The van der Waals surface area contributed by atoms with Crippen LogP contribution in [0.15, 0.2) is 60.8 Å². The highest BCUT2D eigenvalue weighted by Gasteiger charge is 2.19. The quantitative estimate of drug-likeness (QED) is 0.0262. The molecule has 0 saturated heterocycles. The molecule has 0 radical (unpaired) electrons. The molecular weight excluding hydrogens is 841 g/mol. The van der Waals surface area contributed by atoms with E-state index in [2.05, 4.69) is 81.5 Å². The van der Waals surface area contributed by atoms with Crippen LogP contribution in [0, 0.1) is 0 Å². The maximum absolute atomic E-state index is 12.9. The molecule has 68 heavy (non-hydrogen) atoms. The van der Waals surface area contributed by atoms with Gasteiger partial charge in [-0.15, -0.1) is 0 Å². The molecule has 0 spiro atoms. The zero-order chi connectivity index (χ0) is 49.3. The Morgan fingerprint density at radius 1 is 0.294 bits per heavy atom. The normalized spacial score (nSPS) is 12.5. The standard InChI is InChI=1S/C62H110O6/c1-4-7-10-13-16-19-22-25-28-30-31-33-34-37-40-43-46-49-52-55-61(64)67-58-59(57-66-60(63)54-51-48-45-42-39-36-27-24-21-18-15-12-9-6-3)68-62(65)56-53-50-47-44-41-38-35-32-29-26-23-20-17-14-11-8-5-2/h16-17,19-20,25-26,28-29,31,33,59H,4-15,18,21-24,27,30,32,34-58H2,1-3H3/b19-16-,20-17-,28-25-,29-26-,33-31-. The fourth-order valence-corrected chi connectivity index (χ4v) is 8.30. The fraction of sp³-hybridized carbons (Fsp3) is 0.790. The summed E-state index contributed by atoms with van der Waals surface area (Å²) in [4.78, 5) is 38.2. The number of hydrogen-bond acceptors (Lipinski definition) is 6. The Labute approximate surface area is 421 Å². The molecule has 1 atom stereocenters. The van der Waals surface area contributed by atoms with E-state index in [1.807, 2.05) is 0 Å². The van der Waals surface area contributed by atoms with Crippen LogP contribution in [0.3, 0.4) is 0 Å². The molecular formula is C62H110O6. The van der Waals surface area contributed by atoms with Gasteiger partial charge in [-0.1, -0.05) is 248 Å². The van der Waals surface area contributed by atoms with E-state index in [-0.39, 0.29) is 31.1 Å². The topological polar surface area (TPSA) is 78.9 Å². The van der Waals surface area contributed by atoms with E-state index >= 15 is 0 Å². The first-order valence-electron chi connectivity index (χ1n) is 29.3. The summed E-state index contributed by atoms with van der Waals surface area (Å²) in [6.45, 7) is 6.60. The summed E-state index contributed by atoms with van der Waals surface area (Å²) in [5.74, 6) is -0.887. The Balaban J connectivity index is 4.39. The lowest BCUT2D eigenvalue weighted by atomic mass is 10.0. The van der Waals surface area contributed by atoms with E-state index in [1.54, 1.807) is 0 Å². The van der Waals surface area contributed by atoms with Crippen LogP contribution in [0.1, 0.15) is 297 Å². The van der Waals surface area contributed by atoms with E-state index in [9.17, 15) is 14.4 Å². The maximum atomic E-state index is 12.9. The van der Waals surface area contributed by atoms with E-state index in [0.717, 1.165) is 89.9 Å². The van der Waals surface area contributed by atoms with Gasteiger partial charge in [0.25, 0.3) is 0 Å². The molecule has 0 N–H and O–H groups in total. The van der Waals surface area contributed by atoms with E-state index < -0.39 is 6.10 Å². The number of hydrogen-bond donors (Lipinski definition) is 0. The number of ether oxygens (including phenoxy) is 3. The van der Waals surface area contributed by atoms with Gasteiger partial charge in [0.05, 0.1) is 0 Å². The molecule has 0 rings (SSSR count). The fourth-order valence-electron chi connectivity index (χ4n) is 8.30. The summed E-state index contributed by atoms with van der Waals surface area (Å²) in [6, 6.07) is 0.